The van der Waals surface area contributed by atoms with E-state index in [1.54, 1.807) is 39.3 Å². The molecule has 2 aromatic rings. The highest BCUT2D eigenvalue weighted by Crippen LogP contribution is 2.44. The van der Waals surface area contributed by atoms with E-state index < -0.39 is 16.0 Å². The first-order valence-electron chi connectivity index (χ1n) is 8.02. The Kier molecular flexibility index (Phi) is 5.52. The van der Waals surface area contributed by atoms with Gasteiger partial charge in [-0.2, -0.15) is 13.0 Å². The van der Waals surface area contributed by atoms with E-state index in [1.165, 1.54) is 4.01 Å². The second-order valence-electron chi connectivity index (χ2n) is 6.05. The third-order valence-corrected chi connectivity index (χ3v) is 9.30. The van der Waals surface area contributed by atoms with Crippen LogP contribution in [-0.4, -0.2) is 35.0 Å². The van der Waals surface area contributed by atoms with Crippen molar-refractivity contribution in [3.8, 4) is 0 Å². The largest absolute Gasteiger partial charge is 0.342 e. The molecule has 3 heterocycles. The van der Waals surface area contributed by atoms with Crippen molar-refractivity contribution in [2.75, 3.05) is 5.88 Å². The van der Waals surface area contributed by atoms with Crippen LogP contribution < -0.4 is 4.57 Å². The Balaban J connectivity index is 1.79. The number of thioether (sulfide) groups is 1. The van der Waals surface area contributed by atoms with Gasteiger partial charge in [0.15, 0.2) is 4.01 Å². The van der Waals surface area contributed by atoms with E-state index in [9.17, 15) is 13.0 Å². The van der Waals surface area contributed by atoms with Crippen LogP contribution in [0.3, 0.4) is 0 Å². The molecule has 1 aliphatic heterocycles. The lowest BCUT2D eigenvalue weighted by Crippen LogP contribution is -2.37. The van der Waals surface area contributed by atoms with Gasteiger partial charge in [-0.1, -0.05) is 40.8 Å². The van der Waals surface area contributed by atoms with Crippen LogP contribution in [0.25, 0.3) is 15.6 Å². The molecule has 27 heavy (non-hydrogen) atoms. The minimum absolute atomic E-state index is 0.0609. The molecular weight excluding hydrogens is 512 g/mol. The first kappa shape index (κ1) is 19.9. The molecule has 144 valence electrons. The van der Waals surface area contributed by atoms with E-state index >= 15 is 0 Å². The van der Waals surface area contributed by atoms with Gasteiger partial charge < -0.3 is 4.90 Å². The zero-order valence-corrected chi connectivity index (χ0v) is 19.6. The summed E-state index contributed by atoms with van der Waals surface area (Å²) in [7, 11) is -4.17. The second kappa shape index (κ2) is 7.47. The number of thiazole rings is 1. The van der Waals surface area contributed by atoms with Crippen molar-refractivity contribution in [3.05, 3.63) is 43.1 Å². The van der Waals surface area contributed by atoms with Gasteiger partial charge in [0.25, 0.3) is 15.1 Å². The number of hydrogen-bond donors (Lipinski definition) is 1. The smallest absolute Gasteiger partial charge is 0.283 e. The fraction of sp³-hybridized carbons (Fsp3) is 0.312. The van der Waals surface area contributed by atoms with Crippen LogP contribution in [0.15, 0.2) is 38.1 Å². The summed E-state index contributed by atoms with van der Waals surface area (Å²) in [5, 5.41) is 2.49. The monoisotopic (exact) mass is 525 g/mol. The van der Waals surface area contributed by atoms with Crippen LogP contribution in [0.2, 0.25) is 0 Å². The van der Waals surface area contributed by atoms with Crippen molar-refractivity contribution < 1.29 is 17.5 Å². The van der Waals surface area contributed by atoms with Crippen LogP contribution in [0.4, 0.5) is 0 Å². The Morgan fingerprint density at radius 2 is 2.22 bits per heavy atom. The Bertz CT molecular complexity index is 1100. The van der Waals surface area contributed by atoms with Crippen molar-refractivity contribution in [2.24, 2.45) is 0 Å². The molecule has 0 spiro atoms. The molecule has 2 aromatic heterocycles. The Morgan fingerprint density at radius 1 is 1.44 bits per heavy atom. The fourth-order valence-electron chi connectivity index (χ4n) is 3.19. The predicted octanol–water partition coefficient (Wildman–Crippen LogP) is 4.65. The highest BCUT2D eigenvalue weighted by molar-refractivity contribution is 9.11. The number of thiophene rings is 1. The summed E-state index contributed by atoms with van der Waals surface area (Å²) in [5.41, 5.74) is 1.16. The first-order valence-corrected chi connectivity index (χ1v) is 13.3. The molecule has 1 fully saturated rings. The topological polar surface area (TPSA) is 61.5 Å². The predicted molar refractivity (Wildman–Crippen MR) is 118 cm³/mol. The highest BCUT2D eigenvalue weighted by atomic mass is 79.9. The van der Waals surface area contributed by atoms with Gasteiger partial charge in [0.2, 0.25) is 5.52 Å². The number of aryl methyl sites for hydroxylation is 1. The van der Waals surface area contributed by atoms with Gasteiger partial charge in [0.05, 0.1) is 26.2 Å². The average molecular weight is 527 g/mol. The summed E-state index contributed by atoms with van der Waals surface area (Å²) in [6.07, 6.45) is 7.66. The molecule has 1 saturated heterocycles. The van der Waals surface area contributed by atoms with Crippen molar-refractivity contribution in [1.82, 2.24) is 4.90 Å². The molecule has 0 radical (unpaired) electrons. The average Bonchev–Trinajstić information content (AvgIpc) is 3.17. The summed E-state index contributed by atoms with van der Waals surface area (Å²) in [6, 6.07) is 1.90. The maximum Gasteiger partial charge on any atom is 0.283 e. The lowest BCUT2D eigenvalue weighted by Gasteiger charge is -2.26. The number of halogens is 2. The molecule has 4 rings (SSSR count). The zero-order chi connectivity index (χ0) is 19.3. The van der Waals surface area contributed by atoms with Crippen molar-refractivity contribution >= 4 is 87.7 Å². The van der Waals surface area contributed by atoms with Crippen LogP contribution in [0.1, 0.15) is 11.9 Å². The highest BCUT2D eigenvalue weighted by Gasteiger charge is 2.39. The van der Waals surface area contributed by atoms with E-state index in [2.05, 4.69) is 33.5 Å². The maximum atomic E-state index is 11.6. The summed E-state index contributed by atoms with van der Waals surface area (Å²) >= 11 is 14.6. The summed E-state index contributed by atoms with van der Waals surface area (Å²) in [6.45, 7) is 2.90. The molecule has 0 bridgehead atoms. The van der Waals surface area contributed by atoms with Gasteiger partial charge in [-0.15, -0.1) is 11.3 Å². The fourth-order valence-corrected chi connectivity index (χ4v) is 8.83. The van der Waals surface area contributed by atoms with Gasteiger partial charge in [-0.3, -0.25) is 4.55 Å². The van der Waals surface area contributed by atoms with Crippen molar-refractivity contribution in [2.45, 2.75) is 24.8 Å². The van der Waals surface area contributed by atoms with Gasteiger partial charge in [0.1, 0.15) is 12.4 Å². The number of nitrogens with zero attached hydrogens (tertiary/aromatic N) is 2. The lowest BCUT2D eigenvalue weighted by molar-refractivity contribution is -0.665. The molecule has 2 unspecified atom stereocenters. The molecule has 0 saturated carbocycles. The minimum atomic E-state index is -4.17. The molecule has 1 N–H and O–H groups in total. The minimum Gasteiger partial charge on any atom is -0.342 e. The number of hydrogen-bond acceptors (Lipinski definition) is 6. The number of rotatable bonds is 4. The van der Waals surface area contributed by atoms with Crippen LogP contribution in [0.5, 0.6) is 0 Å². The lowest BCUT2D eigenvalue weighted by atomic mass is 10.1. The standard InChI is InChI=1S/C16H14BrClN2O3S4/c1-2-19-11-6-13(17)25-16(11)26-14(19)7-15-20(8-27(21,22)23)10-5-9(18)3-4-12(10)24-15/h3-7,10,12H,2,8H2,1H3/p+1. The normalized spacial score (nSPS) is 24.1. The second-order valence-corrected chi connectivity index (χ2v) is 12.8. The van der Waals surface area contributed by atoms with Gasteiger partial charge >= 0.3 is 0 Å². The molecule has 0 aromatic carbocycles. The van der Waals surface area contributed by atoms with Gasteiger partial charge in [-0.05, 0) is 35.0 Å². The number of fused-ring (bicyclic) bond motifs is 2. The van der Waals surface area contributed by atoms with Crippen molar-refractivity contribution in [3.63, 3.8) is 0 Å². The van der Waals surface area contributed by atoms with E-state index in [0.717, 1.165) is 25.9 Å². The molecule has 5 nitrogen and oxygen atoms in total. The van der Waals surface area contributed by atoms with Gasteiger partial charge in [-0.25, -0.2) is 0 Å². The number of aromatic nitrogens is 1. The Hall–Kier alpha value is -0.360. The molecule has 2 atom stereocenters. The van der Waals surface area contributed by atoms with Crippen LogP contribution >= 0.6 is 62.0 Å². The van der Waals surface area contributed by atoms with Crippen molar-refractivity contribution in [1.29, 1.82) is 0 Å². The Morgan fingerprint density at radius 3 is 2.93 bits per heavy atom. The SMILES string of the molecule is CC[n+]1c(C=C2SC3C=CC(Cl)=CC3N2CS(=O)(=O)O)sc2sc(Br)cc21. The summed E-state index contributed by atoms with van der Waals surface area (Å²) in [5.74, 6) is -0.459. The third-order valence-electron chi connectivity index (χ3n) is 4.28. The van der Waals surface area contributed by atoms with Crippen LogP contribution in [0, 0.1) is 0 Å². The summed E-state index contributed by atoms with van der Waals surface area (Å²) < 4.78 is 37.2. The zero-order valence-electron chi connectivity index (χ0n) is 14.0. The van der Waals surface area contributed by atoms with E-state index in [0.29, 0.717) is 5.03 Å². The van der Waals surface area contributed by atoms with E-state index in [-0.39, 0.29) is 11.3 Å². The first-order chi connectivity index (χ1) is 12.7. The quantitative estimate of drug-likeness (QED) is 0.464. The Labute approximate surface area is 182 Å². The van der Waals surface area contributed by atoms with E-state index in [1.807, 2.05) is 24.3 Å². The number of allylic oxidation sites excluding steroid dienone is 2. The summed E-state index contributed by atoms with van der Waals surface area (Å²) in [4.78, 5) is 1.71. The molecular formula is C16H15BrClN2O3S4+. The molecule has 0 amide bonds. The molecule has 11 heteroatoms. The maximum absolute atomic E-state index is 11.6. The van der Waals surface area contributed by atoms with Crippen LogP contribution in [-0.2, 0) is 16.7 Å². The third kappa shape index (κ3) is 4.03. The molecule has 2 aliphatic rings. The van der Waals surface area contributed by atoms with Gasteiger partial charge in [0, 0.05) is 11.1 Å². The molecule has 1 aliphatic carbocycles. The van der Waals surface area contributed by atoms with E-state index in [4.69, 9.17) is 11.6 Å².